The summed E-state index contributed by atoms with van der Waals surface area (Å²) in [5, 5.41) is 18.5. The number of nitrogens with zero attached hydrogens (tertiary/aromatic N) is 3. The van der Waals surface area contributed by atoms with Crippen LogP contribution in [0.5, 0.6) is 0 Å². The van der Waals surface area contributed by atoms with Crippen LogP contribution in [0.1, 0.15) is 12.8 Å². The molecule has 0 bridgehead atoms. The van der Waals surface area contributed by atoms with Gasteiger partial charge in [0.2, 0.25) is 0 Å². The largest absolute Gasteiger partial charge is 0.399 e. The van der Waals surface area contributed by atoms with Crippen LogP contribution in [0, 0.1) is 0 Å². The number of nitrogens with two attached hydrogens (primary N) is 1. The fraction of sp³-hybridized carbons (Fsp3) is 0.167. The van der Waals surface area contributed by atoms with Crippen molar-refractivity contribution < 1.29 is 5.21 Å². The summed E-state index contributed by atoms with van der Waals surface area (Å²) < 4.78 is 0. The van der Waals surface area contributed by atoms with Crippen molar-refractivity contribution >= 4 is 11.4 Å². The topological polar surface area (TPSA) is 74.2 Å². The van der Waals surface area contributed by atoms with Gasteiger partial charge in [0.05, 0.1) is 17.6 Å². The summed E-state index contributed by atoms with van der Waals surface area (Å²) >= 11 is 0. The van der Waals surface area contributed by atoms with E-state index >= 15 is 0 Å². The minimum Gasteiger partial charge on any atom is -0.399 e. The average Bonchev–Trinajstić information content (AvgIpc) is 2.53. The Hall–Kier alpha value is -2.14. The molecule has 1 aromatic carbocycles. The van der Waals surface area contributed by atoms with Gasteiger partial charge >= 0.3 is 0 Å². The van der Waals surface area contributed by atoms with Crippen molar-refractivity contribution in [1.29, 1.82) is 0 Å². The molecule has 88 valence electrons. The van der Waals surface area contributed by atoms with Crippen molar-refractivity contribution in [3.63, 3.8) is 0 Å². The monoisotopic (exact) mass is 230 g/mol. The molecule has 0 aliphatic carbocycles. The van der Waals surface area contributed by atoms with Crippen LogP contribution in [0.4, 0.5) is 11.4 Å². The number of hydroxylamine groups is 2. The van der Waals surface area contributed by atoms with Crippen molar-refractivity contribution in [3.05, 3.63) is 48.4 Å². The molecule has 0 saturated heterocycles. The Kier molecular flexibility index (Phi) is 3.52. The number of allylic oxidation sites excluding steroid dienone is 2. The highest BCUT2D eigenvalue weighted by Crippen LogP contribution is 2.18. The predicted molar refractivity (Wildman–Crippen MR) is 65.5 cm³/mol. The number of nitrogen functional groups attached to an aromatic ring is 1. The first-order valence-corrected chi connectivity index (χ1v) is 5.36. The highest BCUT2D eigenvalue weighted by atomic mass is 16.5. The van der Waals surface area contributed by atoms with Crippen molar-refractivity contribution in [2.75, 3.05) is 5.73 Å². The zero-order valence-corrected chi connectivity index (χ0v) is 9.32. The quantitative estimate of drug-likeness (QED) is 0.605. The highest BCUT2D eigenvalue weighted by molar-refractivity contribution is 5.47. The number of azo groups is 1. The van der Waals surface area contributed by atoms with Crippen LogP contribution in [0.25, 0.3) is 0 Å². The molecule has 0 radical (unpaired) electrons. The molecule has 0 saturated carbocycles. The Balaban J connectivity index is 2.07. The van der Waals surface area contributed by atoms with Gasteiger partial charge in [0.15, 0.2) is 0 Å². The Labute approximate surface area is 99.5 Å². The summed E-state index contributed by atoms with van der Waals surface area (Å²) in [4.78, 5) is 0. The van der Waals surface area contributed by atoms with E-state index < -0.39 is 0 Å². The number of hydrogen-bond donors (Lipinski definition) is 2. The van der Waals surface area contributed by atoms with Crippen molar-refractivity contribution in [3.8, 4) is 0 Å². The van der Waals surface area contributed by atoms with Gasteiger partial charge in [-0.3, -0.25) is 5.21 Å². The van der Waals surface area contributed by atoms with Gasteiger partial charge in [-0.1, -0.05) is 6.08 Å². The van der Waals surface area contributed by atoms with E-state index in [4.69, 9.17) is 5.73 Å². The summed E-state index contributed by atoms with van der Waals surface area (Å²) in [7, 11) is 0. The Morgan fingerprint density at radius 3 is 2.71 bits per heavy atom. The molecule has 1 aromatic rings. The zero-order valence-electron chi connectivity index (χ0n) is 9.32. The standard InChI is InChI=1S/C12H14N4O/c13-10-4-6-11(7-5-10)14-15-12-3-1-2-8-16(17)9-12/h2,4-9,17H,1,3,13H2. The number of benzene rings is 1. The van der Waals surface area contributed by atoms with Gasteiger partial charge in [-0.25, -0.2) is 5.06 Å². The van der Waals surface area contributed by atoms with Crippen LogP contribution in [0.2, 0.25) is 0 Å². The Bertz CT molecular complexity index is 462. The molecule has 1 aliphatic rings. The predicted octanol–water partition coefficient (Wildman–Crippen LogP) is 3.19. The lowest BCUT2D eigenvalue weighted by Crippen LogP contribution is -2.00. The van der Waals surface area contributed by atoms with Crippen LogP contribution in [-0.2, 0) is 0 Å². The number of anilines is 1. The number of rotatable bonds is 2. The molecule has 3 N–H and O–H groups in total. The van der Waals surface area contributed by atoms with Crippen molar-refractivity contribution in [2.24, 2.45) is 10.2 Å². The molecule has 2 rings (SSSR count). The molecular formula is C12H14N4O. The maximum atomic E-state index is 9.35. The van der Waals surface area contributed by atoms with E-state index in [2.05, 4.69) is 10.2 Å². The Morgan fingerprint density at radius 1 is 1.18 bits per heavy atom. The molecule has 0 atom stereocenters. The van der Waals surface area contributed by atoms with E-state index in [1.54, 1.807) is 36.7 Å². The zero-order chi connectivity index (χ0) is 12.1. The van der Waals surface area contributed by atoms with Gasteiger partial charge in [-0.15, -0.1) is 0 Å². The van der Waals surface area contributed by atoms with Gasteiger partial charge in [0.25, 0.3) is 0 Å². The van der Waals surface area contributed by atoms with E-state index in [-0.39, 0.29) is 0 Å². The molecule has 17 heavy (non-hydrogen) atoms. The van der Waals surface area contributed by atoms with E-state index in [0.717, 1.165) is 29.3 Å². The molecule has 0 fully saturated rings. The average molecular weight is 230 g/mol. The van der Waals surface area contributed by atoms with Crippen LogP contribution >= 0.6 is 0 Å². The molecule has 1 aliphatic heterocycles. The molecule has 5 heteroatoms. The molecule has 0 aromatic heterocycles. The molecule has 0 spiro atoms. The molecule has 1 heterocycles. The summed E-state index contributed by atoms with van der Waals surface area (Å²) in [5.41, 5.74) is 7.74. The third-order valence-electron chi connectivity index (χ3n) is 2.29. The molecule has 0 unspecified atom stereocenters. The number of hydrogen-bond acceptors (Lipinski definition) is 5. The minimum absolute atomic E-state index is 0.698. The maximum absolute atomic E-state index is 9.35. The molecule has 0 amide bonds. The van der Waals surface area contributed by atoms with Crippen LogP contribution in [0.3, 0.4) is 0 Å². The fourth-order valence-electron chi connectivity index (χ4n) is 1.41. The molecule has 5 nitrogen and oxygen atoms in total. The molecular weight excluding hydrogens is 216 g/mol. The lowest BCUT2D eigenvalue weighted by Gasteiger charge is -2.03. The van der Waals surface area contributed by atoms with E-state index in [1.807, 2.05) is 6.08 Å². The second-order valence-corrected chi connectivity index (χ2v) is 3.72. The van der Waals surface area contributed by atoms with Gasteiger partial charge in [0.1, 0.15) is 0 Å². The first-order chi connectivity index (χ1) is 8.24. The van der Waals surface area contributed by atoms with Crippen LogP contribution in [0.15, 0.2) is 58.7 Å². The smallest absolute Gasteiger partial charge is 0.0858 e. The SMILES string of the molecule is Nc1ccc(N=NC2=CN(O)C=CCC2)cc1. The van der Waals surface area contributed by atoms with Gasteiger partial charge in [-0.2, -0.15) is 10.2 Å². The van der Waals surface area contributed by atoms with E-state index in [1.165, 1.54) is 0 Å². The fourth-order valence-corrected chi connectivity index (χ4v) is 1.41. The summed E-state index contributed by atoms with van der Waals surface area (Å²) in [6, 6.07) is 7.14. The third-order valence-corrected chi connectivity index (χ3v) is 2.29. The minimum atomic E-state index is 0.698. The maximum Gasteiger partial charge on any atom is 0.0858 e. The van der Waals surface area contributed by atoms with E-state index in [9.17, 15) is 5.21 Å². The summed E-state index contributed by atoms with van der Waals surface area (Å²) in [5.74, 6) is 0. The summed E-state index contributed by atoms with van der Waals surface area (Å²) in [6.45, 7) is 0. The van der Waals surface area contributed by atoms with E-state index in [0.29, 0.717) is 5.69 Å². The first kappa shape index (κ1) is 11.3. The Morgan fingerprint density at radius 2 is 1.94 bits per heavy atom. The van der Waals surface area contributed by atoms with Crippen LogP contribution < -0.4 is 5.73 Å². The normalized spacial score (nSPS) is 16.1. The van der Waals surface area contributed by atoms with Crippen molar-refractivity contribution in [2.45, 2.75) is 12.8 Å². The highest BCUT2D eigenvalue weighted by Gasteiger charge is 2.01. The summed E-state index contributed by atoms with van der Waals surface area (Å²) in [6.07, 6.45) is 6.61. The third kappa shape index (κ3) is 3.42. The van der Waals surface area contributed by atoms with Gasteiger partial charge in [-0.05, 0) is 37.1 Å². The van der Waals surface area contributed by atoms with Crippen LogP contribution in [-0.4, -0.2) is 10.3 Å². The lowest BCUT2D eigenvalue weighted by molar-refractivity contribution is 0.0107. The van der Waals surface area contributed by atoms with Gasteiger partial charge < -0.3 is 5.73 Å². The second kappa shape index (κ2) is 5.27. The second-order valence-electron chi connectivity index (χ2n) is 3.72. The van der Waals surface area contributed by atoms with Gasteiger partial charge in [0, 0.05) is 11.9 Å². The first-order valence-electron chi connectivity index (χ1n) is 5.36. The lowest BCUT2D eigenvalue weighted by atomic mass is 10.2. The van der Waals surface area contributed by atoms with Crippen molar-refractivity contribution in [1.82, 2.24) is 5.06 Å².